The number of aromatic nitrogens is 2. The molecule has 1 aromatic heterocycles. The van der Waals surface area contributed by atoms with Crippen molar-refractivity contribution in [3.63, 3.8) is 0 Å². The Bertz CT molecular complexity index is 1370. The zero-order chi connectivity index (χ0) is 23.9. The van der Waals surface area contributed by atoms with Gasteiger partial charge < -0.3 is 14.2 Å². The van der Waals surface area contributed by atoms with Gasteiger partial charge >= 0.3 is 0 Å². The van der Waals surface area contributed by atoms with Crippen LogP contribution in [0.25, 0.3) is 33.5 Å². The smallest absolute Gasteiger partial charge is 0.225 e. The zero-order valence-corrected chi connectivity index (χ0v) is 20.4. The third kappa shape index (κ3) is 4.31. The van der Waals surface area contributed by atoms with Crippen molar-refractivity contribution < 1.29 is 9.53 Å². The van der Waals surface area contributed by atoms with E-state index in [0.29, 0.717) is 17.7 Å². The molecule has 0 bridgehead atoms. The first kappa shape index (κ1) is 21.9. The molecule has 1 saturated heterocycles. The summed E-state index contributed by atoms with van der Waals surface area (Å²) in [6, 6.07) is 23.3. The zero-order valence-electron chi connectivity index (χ0n) is 20.4. The van der Waals surface area contributed by atoms with Gasteiger partial charge in [-0.3, -0.25) is 4.79 Å². The molecule has 0 unspecified atom stereocenters. The van der Waals surface area contributed by atoms with Gasteiger partial charge in [-0.2, -0.15) is 0 Å². The molecule has 2 aliphatic rings. The van der Waals surface area contributed by atoms with E-state index in [2.05, 4.69) is 71.0 Å². The van der Waals surface area contributed by atoms with Crippen LogP contribution in [0.15, 0.2) is 66.7 Å². The number of amides is 1. The quantitative estimate of drug-likeness (QED) is 0.354. The normalized spacial score (nSPS) is 17.8. The summed E-state index contributed by atoms with van der Waals surface area (Å²) in [6.07, 6.45) is 3.20. The average molecular weight is 466 g/mol. The van der Waals surface area contributed by atoms with Crippen molar-refractivity contribution >= 4 is 16.9 Å². The number of likely N-dealkylation sites (tertiary alicyclic amines) is 1. The highest BCUT2D eigenvalue weighted by atomic mass is 16.5. The fourth-order valence-corrected chi connectivity index (χ4v) is 5.27. The van der Waals surface area contributed by atoms with Crippen molar-refractivity contribution in [2.75, 3.05) is 20.2 Å². The Morgan fingerprint density at radius 3 is 2.31 bits per heavy atom. The van der Waals surface area contributed by atoms with Gasteiger partial charge in [-0.1, -0.05) is 42.5 Å². The second-order valence-electron chi connectivity index (χ2n) is 10.1. The first-order valence-corrected chi connectivity index (χ1v) is 12.6. The molecule has 1 amide bonds. The van der Waals surface area contributed by atoms with Gasteiger partial charge in [0.1, 0.15) is 11.6 Å². The molecular formula is C30H31N3O2. The molecule has 0 spiro atoms. The van der Waals surface area contributed by atoms with Crippen LogP contribution in [0.2, 0.25) is 0 Å². The average Bonchev–Trinajstić information content (AvgIpc) is 3.54. The van der Waals surface area contributed by atoms with E-state index in [1.54, 1.807) is 7.11 Å². The van der Waals surface area contributed by atoms with E-state index in [4.69, 9.17) is 9.72 Å². The van der Waals surface area contributed by atoms with E-state index in [1.165, 1.54) is 11.1 Å². The molecular weight excluding hydrogens is 434 g/mol. The summed E-state index contributed by atoms with van der Waals surface area (Å²) in [7, 11) is 1.69. The van der Waals surface area contributed by atoms with Gasteiger partial charge in [0.05, 0.1) is 18.1 Å². The van der Waals surface area contributed by atoms with Crippen LogP contribution in [-0.2, 0) is 11.3 Å². The SMILES string of the molecule is COc1ccc(-c2ccc(-c3nc4cc(C)ccc4n3C[C@@H]3CCN(C(=O)C4CC4)C3)cc2)cc1. The molecule has 4 aromatic rings. The van der Waals surface area contributed by atoms with Gasteiger partial charge in [0.25, 0.3) is 0 Å². The summed E-state index contributed by atoms with van der Waals surface area (Å²) in [5.74, 6) is 2.98. The highest BCUT2D eigenvalue weighted by molar-refractivity contribution is 5.82. The van der Waals surface area contributed by atoms with Gasteiger partial charge in [0.15, 0.2) is 0 Å². The van der Waals surface area contributed by atoms with Crippen LogP contribution in [0.5, 0.6) is 5.75 Å². The van der Waals surface area contributed by atoms with Crippen LogP contribution in [0, 0.1) is 18.8 Å². The molecule has 1 atom stereocenters. The molecule has 1 aliphatic heterocycles. The molecule has 1 saturated carbocycles. The molecule has 6 rings (SSSR count). The van der Waals surface area contributed by atoms with E-state index in [-0.39, 0.29) is 0 Å². The van der Waals surface area contributed by atoms with Crippen molar-refractivity contribution in [1.29, 1.82) is 0 Å². The van der Waals surface area contributed by atoms with E-state index >= 15 is 0 Å². The molecule has 35 heavy (non-hydrogen) atoms. The number of methoxy groups -OCH3 is 1. The molecule has 5 nitrogen and oxygen atoms in total. The van der Waals surface area contributed by atoms with Gasteiger partial charge in [0.2, 0.25) is 5.91 Å². The van der Waals surface area contributed by atoms with Crippen LogP contribution >= 0.6 is 0 Å². The van der Waals surface area contributed by atoms with E-state index in [0.717, 1.165) is 72.6 Å². The van der Waals surface area contributed by atoms with Crippen molar-refractivity contribution in [2.24, 2.45) is 11.8 Å². The van der Waals surface area contributed by atoms with Gasteiger partial charge in [0, 0.05) is 31.1 Å². The molecule has 0 N–H and O–H groups in total. The van der Waals surface area contributed by atoms with Gasteiger partial charge in [-0.25, -0.2) is 4.98 Å². The lowest BCUT2D eigenvalue weighted by Crippen LogP contribution is -2.30. The number of rotatable bonds is 6. The van der Waals surface area contributed by atoms with Crippen LogP contribution in [0.4, 0.5) is 0 Å². The third-order valence-corrected chi connectivity index (χ3v) is 7.44. The summed E-state index contributed by atoms with van der Waals surface area (Å²) in [5, 5.41) is 0. The standard InChI is InChI=1S/C30H31N3O2/c1-20-3-14-28-27(17-20)31-29(33(28)19-21-15-16-32(18-21)30(34)25-8-9-25)24-6-4-22(5-7-24)23-10-12-26(35-2)13-11-23/h3-7,10-14,17,21,25H,8-9,15-16,18-19H2,1-2H3/t21-/m1/s1. The second-order valence-corrected chi connectivity index (χ2v) is 10.1. The minimum Gasteiger partial charge on any atom is -0.497 e. The Morgan fingerprint density at radius 1 is 0.943 bits per heavy atom. The monoisotopic (exact) mass is 465 g/mol. The Balaban J connectivity index is 1.30. The lowest BCUT2D eigenvalue weighted by Gasteiger charge is -2.18. The Labute approximate surface area is 206 Å². The summed E-state index contributed by atoms with van der Waals surface area (Å²) in [5.41, 5.74) is 6.85. The molecule has 5 heteroatoms. The maximum atomic E-state index is 12.6. The third-order valence-electron chi connectivity index (χ3n) is 7.44. The van der Waals surface area contributed by atoms with Crippen molar-refractivity contribution in [3.8, 4) is 28.3 Å². The fraction of sp³-hybridized carbons (Fsp3) is 0.333. The van der Waals surface area contributed by atoms with Crippen LogP contribution in [0.3, 0.4) is 0 Å². The van der Waals surface area contributed by atoms with E-state index < -0.39 is 0 Å². The summed E-state index contributed by atoms with van der Waals surface area (Å²) >= 11 is 0. The van der Waals surface area contributed by atoms with Crippen molar-refractivity contribution in [1.82, 2.24) is 14.5 Å². The number of aryl methyl sites for hydroxylation is 1. The maximum Gasteiger partial charge on any atom is 0.225 e. The minimum atomic E-state index is 0.297. The minimum absolute atomic E-state index is 0.297. The lowest BCUT2D eigenvalue weighted by atomic mass is 10.0. The van der Waals surface area contributed by atoms with Crippen molar-refractivity contribution in [3.05, 3.63) is 72.3 Å². The Morgan fingerprint density at radius 2 is 1.63 bits per heavy atom. The largest absolute Gasteiger partial charge is 0.497 e. The molecule has 2 heterocycles. The summed E-state index contributed by atoms with van der Waals surface area (Å²) < 4.78 is 7.66. The number of hydrogen-bond acceptors (Lipinski definition) is 3. The predicted octanol–water partition coefficient (Wildman–Crippen LogP) is 5.95. The number of hydrogen-bond donors (Lipinski definition) is 0. The topological polar surface area (TPSA) is 47.4 Å². The van der Waals surface area contributed by atoms with Gasteiger partial charge in [-0.15, -0.1) is 0 Å². The molecule has 178 valence electrons. The Hall–Kier alpha value is -3.60. The van der Waals surface area contributed by atoms with Crippen LogP contribution in [-0.4, -0.2) is 40.6 Å². The number of ether oxygens (including phenoxy) is 1. The van der Waals surface area contributed by atoms with Gasteiger partial charge in [-0.05, 0) is 73.1 Å². The van der Waals surface area contributed by atoms with Crippen LogP contribution in [0.1, 0.15) is 24.8 Å². The number of carbonyl (C=O) groups excluding carboxylic acids is 1. The molecule has 3 aromatic carbocycles. The van der Waals surface area contributed by atoms with E-state index in [1.807, 2.05) is 12.1 Å². The molecule has 2 fully saturated rings. The number of benzene rings is 3. The highest BCUT2D eigenvalue weighted by Crippen LogP contribution is 2.34. The van der Waals surface area contributed by atoms with Crippen LogP contribution < -0.4 is 4.74 Å². The summed E-state index contributed by atoms with van der Waals surface area (Å²) in [6.45, 7) is 4.73. The fourth-order valence-electron chi connectivity index (χ4n) is 5.27. The first-order valence-electron chi connectivity index (χ1n) is 12.6. The summed E-state index contributed by atoms with van der Waals surface area (Å²) in [4.78, 5) is 19.7. The number of fused-ring (bicyclic) bond motifs is 1. The highest BCUT2D eigenvalue weighted by Gasteiger charge is 2.36. The number of carbonyl (C=O) groups is 1. The molecule has 0 radical (unpaired) electrons. The number of imidazole rings is 1. The predicted molar refractivity (Wildman–Crippen MR) is 139 cm³/mol. The number of nitrogens with zero attached hydrogens (tertiary/aromatic N) is 3. The Kier molecular flexibility index (Phi) is 5.56. The first-order chi connectivity index (χ1) is 17.1. The second kappa shape index (κ2) is 8.88. The maximum absolute atomic E-state index is 12.6. The molecule has 1 aliphatic carbocycles. The van der Waals surface area contributed by atoms with E-state index in [9.17, 15) is 4.79 Å². The lowest BCUT2D eigenvalue weighted by molar-refractivity contribution is -0.131. The van der Waals surface area contributed by atoms with Crippen molar-refractivity contribution in [2.45, 2.75) is 32.7 Å².